The molecular weight excluding hydrogens is 232 g/mol. The van der Waals surface area contributed by atoms with E-state index in [2.05, 4.69) is 10.1 Å². The first-order valence-electron chi connectivity index (χ1n) is 5.64. The maximum Gasteiger partial charge on any atom is 0.310 e. The molecule has 0 spiro atoms. The summed E-state index contributed by atoms with van der Waals surface area (Å²) in [6.45, 7) is 3.69. The summed E-state index contributed by atoms with van der Waals surface area (Å²) in [4.78, 5) is 15.6. The van der Waals surface area contributed by atoms with E-state index in [9.17, 15) is 4.79 Å². The SMILES string of the molecule is Cc1noc(COC(=O)Cc2ccccc2C)n1. The van der Waals surface area contributed by atoms with Crippen LogP contribution in [0.5, 0.6) is 0 Å². The Morgan fingerprint density at radius 2 is 2.11 bits per heavy atom. The fraction of sp³-hybridized carbons (Fsp3) is 0.308. The summed E-state index contributed by atoms with van der Waals surface area (Å²) in [7, 11) is 0. The molecule has 0 saturated carbocycles. The molecule has 0 aliphatic heterocycles. The molecule has 0 radical (unpaired) electrons. The standard InChI is InChI=1S/C13H14N2O3/c1-9-5-3-4-6-11(9)7-13(16)17-8-12-14-10(2)15-18-12/h3-6H,7-8H2,1-2H3. The first kappa shape index (κ1) is 12.3. The molecular formula is C13H14N2O3. The van der Waals surface area contributed by atoms with Crippen LogP contribution < -0.4 is 0 Å². The smallest absolute Gasteiger partial charge is 0.310 e. The highest BCUT2D eigenvalue weighted by atomic mass is 16.6. The zero-order valence-electron chi connectivity index (χ0n) is 10.3. The van der Waals surface area contributed by atoms with Gasteiger partial charge in [0.2, 0.25) is 0 Å². The number of esters is 1. The van der Waals surface area contributed by atoms with Crippen molar-refractivity contribution in [1.29, 1.82) is 0 Å². The van der Waals surface area contributed by atoms with Crippen molar-refractivity contribution >= 4 is 5.97 Å². The van der Waals surface area contributed by atoms with Crippen LogP contribution in [0, 0.1) is 13.8 Å². The van der Waals surface area contributed by atoms with Crippen LogP contribution in [0.3, 0.4) is 0 Å². The van der Waals surface area contributed by atoms with Gasteiger partial charge in [0, 0.05) is 0 Å². The molecule has 1 aromatic heterocycles. The molecule has 0 aliphatic carbocycles. The summed E-state index contributed by atoms with van der Waals surface area (Å²) >= 11 is 0. The second-order valence-electron chi connectivity index (χ2n) is 4.00. The van der Waals surface area contributed by atoms with Gasteiger partial charge in [-0.1, -0.05) is 29.4 Å². The third-order valence-corrected chi connectivity index (χ3v) is 2.52. The van der Waals surface area contributed by atoms with E-state index in [1.165, 1.54) is 0 Å². The lowest BCUT2D eigenvalue weighted by Crippen LogP contribution is -2.09. The van der Waals surface area contributed by atoms with Crippen molar-refractivity contribution in [3.8, 4) is 0 Å². The molecule has 0 saturated heterocycles. The molecule has 0 fully saturated rings. The first-order chi connectivity index (χ1) is 8.65. The quantitative estimate of drug-likeness (QED) is 0.772. The molecule has 0 bridgehead atoms. The number of hydrogen-bond acceptors (Lipinski definition) is 5. The molecule has 2 aromatic rings. The van der Waals surface area contributed by atoms with Gasteiger partial charge < -0.3 is 9.26 Å². The summed E-state index contributed by atoms with van der Waals surface area (Å²) in [6.07, 6.45) is 0.250. The second-order valence-corrected chi connectivity index (χ2v) is 4.00. The number of aryl methyl sites for hydroxylation is 2. The monoisotopic (exact) mass is 246 g/mol. The van der Waals surface area contributed by atoms with E-state index in [1.807, 2.05) is 31.2 Å². The van der Waals surface area contributed by atoms with Crippen molar-refractivity contribution in [1.82, 2.24) is 10.1 Å². The fourth-order valence-corrected chi connectivity index (χ4v) is 1.56. The van der Waals surface area contributed by atoms with Crippen LogP contribution in [0.15, 0.2) is 28.8 Å². The van der Waals surface area contributed by atoms with Gasteiger partial charge >= 0.3 is 5.97 Å². The van der Waals surface area contributed by atoms with Gasteiger partial charge in [-0.25, -0.2) is 0 Å². The van der Waals surface area contributed by atoms with E-state index in [0.717, 1.165) is 11.1 Å². The van der Waals surface area contributed by atoms with E-state index < -0.39 is 0 Å². The fourth-order valence-electron chi connectivity index (χ4n) is 1.56. The molecule has 0 N–H and O–H groups in total. The molecule has 5 heteroatoms. The number of nitrogens with zero attached hydrogens (tertiary/aromatic N) is 2. The van der Waals surface area contributed by atoms with Crippen LogP contribution in [-0.2, 0) is 22.6 Å². The van der Waals surface area contributed by atoms with Crippen molar-refractivity contribution in [2.45, 2.75) is 26.9 Å². The van der Waals surface area contributed by atoms with Gasteiger partial charge in [-0.3, -0.25) is 4.79 Å². The highest BCUT2D eigenvalue weighted by Crippen LogP contribution is 2.09. The lowest BCUT2D eigenvalue weighted by molar-refractivity contribution is -0.144. The lowest BCUT2D eigenvalue weighted by atomic mass is 10.1. The molecule has 0 amide bonds. The molecule has 1 aromatic carbocycles. The van der Waals surface area contributed by atoms with Gasteiger partial charge in [0.1, 0.15) is 0 Å². The molecule has 94 valence electrons. The number of carbonyl (C=O) groups is 1. The summed E-state index contributed by atoms with van der Waals surface area (Å²) in [5.74, 6) is 0.533. The zero-order chi connectivity index (χ0) is 13.0. The molecule has 1 heterocycles. The minimum atomic E-state index is -0.305. The van der Waals surface area contributed by atoms with Crippen molar-refractivity contribution in [3.63, 3.8) is 0 Å². The number of hydrogen-bond donors (Lipinski definition) is 0. The van der Waals surface area contributed by atoms with Crippen LogP contribution in [0.2, 0.25) is 0 Å². The Bertz CT molecular complexity index is 549. The minimum Gasteiger partial charge on any atom is -0.455 e. The molecule has 2 rings (SSSR count). The summed E-state index contributed by atoms with van der Waals surface area (Å²) in [5.41, 5.74) is 2.03. The maximum absolute atomic E-state index is 11.6. The third kappa shape index (κ3) is 3.16. The van der Waals surface area contributed by atoms with Crippen LogP contribution >= 0.6 is 0 Å². The van der Waals surface area contributed by atoms with Crippen molar-refractivity contribution in [2.75, 3.05) is 0 Å². The molecule has 0 aliphatic rings. The van der Waals surface area contributed by atoms with Gasteiger partial charge in [-0.05, 0) is 25.0 Å². The van der Waals surface area contributed by atoms with Crippen LogP contribution in [-0.4, -0.2) is 16.1 Å². The Labute approximate surface area is 105 Å². The second kappa shape index (κ2) is 5.44. The average Bonchev–Trinajstić information content (AvgIpc) is 2.76. The van der Waals surface area contributed by atoms with E-state index in [0.29, 0.717) is 11.7 Å². The molecule has 0 unspecified atom stereocenters. The Morgan fingerprint density at radius 3 is 2.78 bits per heavy atom. The Balaban J connectivity index is 1.88. The molecule has 18 heavy (non-hydrogen) atoms. The van der Waals surface area contributed by atoms with E-state index in [1.54, 1.807) is 6.92 Å². The van der Waals surface area contributed by atoms with Crippen molar-refractivity contribution in [3.05, 3.63) is 47.1 Å². The summed E-state index contributed by atoms with van der Waals surface area (Å²) in [6, 6.07) is 7.71. The average molecular weight is 246 g/mol. The van der Waals surface area contributed by atoms with Gasteiger partial charge in [-0.15, -0.1) is 0 Å². The van der Waals surface area contributed by atoms with Gasteiger partial charge in [0.15, 0.2) is 12.4 Å². The number of aromatic nitrogens is 2. The lowest BCUT2D eigenvalue weighted by Gasteiger charge is -2.04. The summed E-state index contributed by atoms with van der Waals surface area (Å²) in [5, 5.41) is 3.62. The van der Waals surface area contributed by atoms with Gasteiger partial charge in [0.05, 0.1) is 6.42 Å². The van der Waals surface area contributed by atoms with E-state index >= 15 is 0 Å². The van der Waals surface area contributed by atoms with Crippen molar-refractivity contribution < 1.29 is 14.1 Å². The Kier molecular flexibility index (Phi) is 3.72. The van der Waals surface area contributed by atoms with E-state index in [4.69, 9.17) is 9.26 Å². The first-order valence-corrected chi connectivity index (χ1v) is 5.64. The zero-order valence-corrected chi connectivity index (χ0v) is 10.3. The van der Waals surface area contributed by atoms with Crippen LogP contribution in [0.4, 0.5) is 0 Å². The highest BCUT2D eigenvalue weighted by Gasteiger charge is 2.09. The largest absolute Gasteiger partial charge is 0.455 e. The maximum atomic E-state index is 11.6. The third-order valence-electron chi connectivity index (χ3n) is 2.52. The Hall–Kier alpha value is -2.17. The predicted octanol–water partition coefficient (Wildman–Crippen LogP) is 1.97. The van der Waals surface area contributed by atoms with Crippen LogP contribution in [0.1, 0.15) is 22.8 Å². The van der Waals surface area contributed by atoms with Crippen molar-refractivity contribution in [2.24, 2.45) is 0 Å². The number of carbonyl (C=O) groups excluding carboxylic acids is 1. The highest BCUT2D eigenvalue weighted by molar-refractivity contribution is 5.72. The summed E-state index contributed by atoms with van der Waals surface area (Å²) < 4.78 is 9.92. The Morgan fingerprint density at radius 1 is 1.33 bits per heavy atom. The molecule has 5 nitrogen and oxygen atoms in total. The number of benzene rings is 1. The van der Waals surface area contributed by atoms with Crippen LogP contribution in [0.25, 0.3) is 0 Å². The van der Waals surface area contributed by atoms with Gasteiger partial charge in [-0.2, -0.15) is 4.98 Å². The topological polar surface area (TPSA) is 65.2 Å². The normalized spacial score (nSPS) is 10.3. The van der Waals surface area contributed by atoms with E-state index in [-0.39, 0.29) is 19.0 Å². The number of ether oxygens (including phenoxy) is 1. The number of rotatable bonds is 4. The minimum absolute atomic E-state index is 0.0194. The van der Waals surface area contributed by atoms with Gasteiger partial charge in [0.25, 0.3) is 5.89 Å². The molecule has 0 atom stereocenters. The predicted molar refractivity (Wildman–Crippen MR) is 63.7 cm³/mol.